The van der Waals surface area contributed by atoms with E-state index in [1.165, 1.54) is 30.4 Å². The first-order valence-corrected chi connectivity index (χ1v) is 6.88. The Morgan fingerprint density at radius 1 is 1.56 bits per heavy atom. The second kappa shape index (κ2) is 5.91. The zero-order valence-electron chi connectivity index (χ0n) is 12.3. The van der Waals surface area contributed by atoms with Crippen molar-refractivity contribution in [3.8, 4) is 12.3 Å². The van der Waals surface area contributed by atoms with Crippen LogP contribution in [-0.4, -0.2) is 24.3 Å². The van der Waals surface area contributed by atoms with Crippen molar-refractivity contribution in [2.24, 2.45) is 5.41 Å². The lowest BCUT2D eigenvalue weighted by Crippen LogP contribution is -2.35. The van der Waals surface area contributed by atoms with Crippen LogP contribution in [0, 0.1) is 17.8 Å². The molecule has 2 unspecified atom stereocenters. The van der Waals surface area contributed by atoms with Crippen LogP contribution in [0.15, 0.2) is 11.1 Å². The molecule has 0 aliphatic heterocycles. The minimum Gasteiger partial charge on any atom is -0.378 e. The van der Waals surface area contributed by atoms with E-state index in [2.05, 4.69) is 25.1 Å². The summed E-state index contributed by atoms with van der Waals surface area (Å²) in [5.74, 6) is 2.47. The molecule has 0 bridgehead atoms. The fourth-order valence-electron chi connectivity index (χ4n) is 3.10. The lowest BCUT2D eigenvalue weighted by atomic mass is 9.69. The molecule has 0 heterocycles. The number of allylic oxidation sites excluding steroid dienone is 1. The first kappa shape index (κ1) is 15.3. The van der Waals surface area contributed by atoms with Gasteiger partial charge < -0.3 is 10.4 Å². The maximum atomic E-state index is 9.97. The molecule has 2 atom stereocenters. The number of hydrogen-bond acceptors (Lipinski definition) is 2. The van der Waals surface area contributed by atoms with Crippen LogP contribution >= 0.6 is 0 Å². The van der Waals surface area contributed by atoms with Gasteiger partial charge in [0.2, 0.25) is 0 Å². The summed E-state index contributed by atoms with van der Waals surface area (Å²) < 4.78 is 0. The van der Waals surface area contributed by atoms with E-state index in [1.54, 1.807) is 6.92 Å². The molecular weight excluding hydrogens is 222 g/mol. The summed E-state index contributed by atoms with van der Waals surface area (Å²) in [5, 5.41) is 13.3. The molecule has 0 spiro atoms. The molecular formula is C16H27NO. The summed E-state index contributed by atoms with van der Waals surface area (Å²) in [5.41, 5.74) is 2.23. The molecule has 1 aliphatic rings. The molecule has 0 fully saturated rings. The molecule has 0 aromatic carbocycles. The Labute approximate surface area is 112 Å². The van der Waals surface area contributed by atoms with Crippen LogP contribution in [0.3, 0.4) is 0 Å². The maximum Gasteiger partial charge on any atom is 0.122 e. The zero-order valence-corrected chi connectivity index (χ0v) is 12.3. The second-order valence-electron chi connectivity index (χ2n) is 6.12. The highest BCUT2D eigenvalue weighted by atomic mass is 16.3. The number of nitrogens with one attached hydrogen (secondary N) is 1. The third-order valence-corrected chi connectivity index (χ3v) is 4.26. The van der Waals surface area contributed by atoms with Crippen LogP contribution in [-0.2, 0) is 0 Å². The van der Waals surface area contributed by atoms with Gasteiger partial charge >= 0.3 is 0 Å². The molecule has 0 saturated carbocycles. The molecule has 18 heavy (non-hydrogen) atoms. The average molecular weight is 249 g/mol. The summed E-state index contributed by atoms with van der Waals surface area (Å²) in [6.07, 6.45) is 10.6. The Kier molecular flexibility index (Phi) is 5.01. The van der Waals surface area contributed by atoms with Crippen molar-refractivity contribution in [1.82, 2.24) is 5.32 Å². The van der Waals surface area contributed by atoms with Crippen molar-refractivity contribution in [3.63, 3.8) is 0 Å². The molecule has 0 aromatic rings. The summed E-state index contributed by atoms with van der Waals surface area (Å²) in [7, 11) is 2.00. The number of aliphatic hydroxyl groups is 1. The predicted molar refractivity (Wildman–Crippen MR) is 77.3 cm³/mol. The van der Waals surface area contributed by atoms with Crippen LogP contribution in [0.4, 0.5) is 0 Å². The minimum atomic E-state index is -0.981. The predicted octanol–water partition coefficient (Wildman–Crippen LogP) is 2.88. The molecule has 1 aliphatic carbocycles. The smallest absolute Gasteiger partial charge is 0.122 e. The van der Waals surface area contributed by atoms with Crippen molar-refractivity contribution in [1.29, 1.82) is 0 Å². The zero-order chi connectivity index (χ0) is 13.8. The fourth-order valence-corrected chi connectivity index (χ4v) is 3.10. The van der Waals surface area contributed by atoms with E-state index in [0.717, 1.165) is 13.0 Å². The summed E-state index contributed by atoms with van der Waals surface area (Å²) in [6.45, 7) is 7.28. The van der Waals surface area contributed by atoms with Crippen molar-refractivity contribution in [2.45, 2.75) is 58.5 Å². The molecule has 1 rings (SSSR count). The SMILES string of the molecule is C#CC(C)(O)CCC1=C(C)CCCC1(C)CNC. The van der Waals surface area contributed by atoms with Gasteiger partial charge in [0.1, 0.15) is 5.60 Å². The lowest BCUT2D eigenvalue weighted by molar-refractivity contribution is 0.110. The molecule has 2 heteroatoms. The van der Waals surface area contributed by atoms with E-state index >= 15 is 0 Å². The lowest BCUT2D eigenvalue weighted by Gasteiger charge is -2.38. The van der Waals surface area contributed by atoms with Crippen LogP contribution < -0.4 is 5.32 Å². The topological polar surface area (TPSA) is 32.3 Å². The van der Waals surface area contributed by atoms with Crippen LogP contribution in [0.25, 0.3) is 0 Å². The number of terminal acetylenes is 1. The van der Waals surface area contributed by atoms with Gasteiger partial charge in [-0.05, 0) is 53.0 Å². The quantitative estimate of drug-likeness (QED) is 0.580. The highest BCUT2D eigenvalue weighted by Gasteiger charge is 2.33. The van der Waals surface area contributed by atoms with Crippen molar-refractivity contribution >= 4 is 0 Å². The van der Waals surface area contributed by atoms with E-state index in [-0.39, 0.29) is 5.41 Å². The molecule has 2 nitrogen and oxygen atoms in total. The molecule has 2 N–H and O–H groups in total. The Balaban J connectivity index is 2.84. The Morgan fingerprint density at radius 3 is 2.78 bits per heavy atom. The molecule has 0 saturated heterocycles. The Hall–Kier alpha value is -0.780. The van der Waals surface area contributed by atoms with Gasteiger partial charge in [-0.15, -0.1) is 6.42 Å². The van der Waals surface area contributed by atoms with Crippen LogP contribution in [0.1, 0.15) is 52.9 Å². The van der Waals surface area contributed by atoms with Gasteiger partial charge in [-0.3, -0.25) is 0 Å². The summed E-state index contributed by atoms with van der Waals surface area (Å²) in [6, 6.07) is 0. The summed E-state index contributed by atoms with van der Waals surface area (Å²) >= 11 is 0. The van der Waals surface area contributed by atoms with E-state index in [0.29, 0.717) is 6.42 Å². The van der Waals surface area contributed by atoms with E-state index in [9.17, 15) is 5.11 Å². The van der Waals surface area contributed by atoms with Crippen molar-refractivity contribution in [3.05, 3.63) is 11.1 Å². The van der Waals surface area contributed by atoms with Gasteiger partial charge in [0.15, 0.2) is 0 Å². The maximum absolute atomic E-state index is 9.97. The van der Waals surface area contributed by atoms with E-state index < -0.39 is 5.60 Å². The Bertz CT molecular complexity index is 362. The highest BCUT2D eigenvalue weighted by Crippen LogP contribution is 2.42. The number of rotatable bonds is 5. The van der Waals surface area contributed by atoms with Gasteiger partial charge in [0.05, 0.1) is 0 Å². The molecule has 0 aromatic heterocycles. The molecule has 0 radical (unpaired) electrons. The normalized spacial score (nSPS) is 27.8. The van der Waals surface area contributed by atoms with Gasteiger partial charge in [0.25, 0.3) is 0 Å². The van der Waals surface area contributed by atoms with Gasteiger partial charge in [-0.1, -0.05) is 24.0 Å². The standard InChI is InChI=1S/C16H27NO/c1-6-16(4,18)11-9-14-13(2)8-7-10-15(14,3)12-17-5/h1,17-18H,7-12H2,2-5H3. The first-order chi connectivity index (χ1) is 8.34. The monoisotopic (exact) mass is 249 g/mol. The molecule has 0 amide bonds. The molecule has 102 valence electrons. The van der Waals surface area contributed by atoms with Gasteiger partial charge in [0, 0.05) is 12.0 Å². The largest absolute Gasteiger partial charge is 0.378 e. The fraction of sp³-hybridized carbons (Fsp3) is 0.750. The van der Waals surface area contributed by atoms with E-state index in [1.807, 2.05) is 7.05 Å². The van der Waals surface area contributed by atoms with Gasteiger partial charge in [-0.25, -0.2) is 0 Å². The number of hydrogen-bond donors (Lipinski definition) is 2. The second-order valence-corrected chi connectivity index (χ2v) is 6.12. The average Bonchev–Trinajstić information content (AvgIpc) is 2.28. The third-order valence-electron chi connectivity index (χ3n) is 4.26. The Morgan fingerprint density at radius 2 is 2.22 bits per heavy atom. The first-order valence-electron chi connectivity index (χ1n) is 6.88. The van der Waals surface area contributed by atoms with Crippen LogP contribution in [0.5, 0.6) is 0 Å². The van der Waals surface area contributed by atoms with E-state index in [4.69, 9.17) is 6.42 Å². The van der Waals surface area contributed by atoms with Gasteiger partial charge in [-0.2, -0.15) is 0 Å². The summed E-state index contributed by atoms with van der Waals surface area (Å²) in [4.78, 5) is 0. The van der Waals surface area contributed by atoms with Crippen LogP contribution in [0.2, 0.25) is 0 Å². The van der Waals surface area contributed by atoms with Crippen molar-refractivity contribution < 1.29 is 5.11 Å². The third kappa shape index (κ3) is 3.60. The highest BCUT2D eigenvalue weighted by molar-refractivity contribution is 5.25. The van der Waals surface area contributed by atoms with Crippen molar-refractivity contribution in [2.75, 3.05) is 13.6 Å². The minimum absolute atomic E-state index is 0.224.